The second-order valence-electron chi connectivity index (χ2n) is 25.3. The number of fused-ring (bicyclic) bond motifs is 5. The van der Waals surface area contributed by atoms with Gasteiger partial charge in [0.1, 0.15) is 91.6 Å². The summed E-state index contributed by atoms with van der Waals surface area (Å²) in [6, 6.07) is 0. The second kappa shape index (κ2) is 22.7. The number of hydrogen-bond donors (Lipinski definition) is 14. The first-order chi connectivity index (χ1) is 35.1. The first kappa shape index (κ1) is 60.0. The topological polar surface area (TPSA) is 357 Å². The van der Waals surface area contributed by atoms with E-state index in [4.69, 9.17) is 37.9 Å². The molecule has 0 aromatic heterocycles. The maximum Gasteiger partial charge on any atom is 0.187 e. The standard InChI is InChI=1S/C53H90O22/c1-23(2)10-9-14-53(8,75-47-43(67)39(63)37(61)29(72-47)22-69-45-41(65)34(58)26(57)21-68-45)24-11-16-52(7)33(24)25(56)18-31-50(5)15-13-32(49(3,4)30(50)12-17-51(31,52)6)73-48-44(40(64)36(60)28(20-55)71-48)74-46-42(66)38(62)35(59)27(19-54)70-46/h10,24-48,54-67H,9,11-22H2,1-8H3/t24-,25+,26-,27-,28-,29+,30+,31+,32-,33-,34-,35-,36-,37+,38+,39-,40+,41+,42-,43+,44-,45-,46+,47-,48+,50-,51+,52+,53-/m0/s1. The van der Waals surface area contributed by atoms with Gasteiger partial charge < -0.3 is 109 Å². The minimum Gasteiger partial charge on any atom is -0.394 e. The quantitative estimate of drug-likeness (QED) is 0.0651. The van der Waals surface area contributed by atoms with Crippen molar-refractivity contribution >= 4 is 0 Å². The maximum absolute atomic E-state index is 12.8. The van der Waals surface area contributed by atoms with E-state index in [-0.39, 0.29) is 41.1 Å². The maximum atomic E-state index is 12.8. The number of aliphatic hydroxyl groups excluding tert-OH is 14. The van der Waals surface area contributed by atoms with Gasteiger partial charge >= 0.3 is 0 Å². The predicted molar refractivity (Wildman–Crippen MR) is 260 cm³/mol. The Bertz CT molecular complexity index is 1940. The molecule has 22 nitrogen and oxygen atoms in total. The molecule has 29 atom stereocenters. The van der Waals surface area contributed by atoms with E-state index in [0.29, 0.717) is 38.5 Å². The first-order valence-corrected chi connectivity index (χ1v) is 27.3. The van der Waals surface area contributed by atoms with Crippen LogP contribution in [0, 0.1) is 45.3 Å². The molecule has 4 saturated heterocycles. The highest BCUT2D eigenvalue weighted by molar-refractivity contribution is 5.20. The van der Waals surface area contributed by atoms with E-state index in [9.17, 15) is 71.5 Å². The number of rotatable bonds is 15. The zero-order valence-electron chi connectivity index (χ0n) is 44.7. The molecule has 0 aromatic carbocycles. The number of ether oxygens (including phenoxy) is 8. The SMILES string of the molecule is CC(C)=CCC[C@](C)(O[C@@H]1O[C@H](CO[C@@H]2OC[C@H](O)[C@H](O)[C@H]2O)[C@@H](O)[C@H](O)[C@H]1O)[C@H]1CC[C@]2(C)[C@@H]1[C@H](O)C[C@@H]1[C@@]3(C)CC[C@H](O[C@H]4O[C@@H](CO)[C@H](O)[C@@H](O)[C@@H]4O[C@H]4O[C@@H](CO)[C@H](O)[C@@H](O)[C@@H]4O)C(C)(C)[C@H]3CC[C@]12C. The minimum absolute atomic E-state index is 0.0508. The Morgan fingerprint density at radius 1 is 0.587 bits per heavy atom. The fraction of sp³-hybridized carbons (Fsp3) is 0.962. The fourth-order valence-electron chi connectivity index (χ4n) is 16.0. The summed E-state index contributed by atoms with van der Waals surface area (Å²) in [5, 5.41) is 151. The molecule has 0 radical (unpaired) electrons. The third-order valence-electron chi connectivity index (χ3n) is 20.5. The summed E-state index contributed by atoms with van der Waals surface area (Å²) >= 11 is 0. The van der Waals surface area contributed by atoms with Gasteiger partial charge in [0.25, 0.3) is 0 Å². The number of aliphatic hydroxyl groups is 14. The molecule has 434 valence electrons. The minimum atomic E-state index is -1.81. The van der Waals surface area contributed by atoms with E-state index >= 15 is 0 Å². The van der Waals surface area contributed by atoms with Gasteiger partial charge in [-0.25, -0.2) is 0 Å². The van der Waals surface area contributed by atoms with Crippen LogP contribution in [0.5, 0.6) is 0 Å². The first-order valence-electron chi connectivity index (χ1n) is 27.3. The van der Waals surface area contributed by atoms with E-state index in [0.717, 1.165) is 24.8 Å². The van der Waals surface area contributed by atoms with Crippen LogP contribution in [0.25, 0.3) is 0 Å². The largest absolute Gasteiger partial charge is 0.394 e. The van der Waals surface area contributed by atoms with E-state index in [2.05, 4.69) is 40.7 Å². The van der Waals surface area contributed by atoms with Crippen molar-refractivity contribution < 1.29 is 109 Å². The molecule has 8 rings (SSSR count). The Morgan fingerprint density at radius 2 is 1.16 bits per heavy atom. The monoisotopic (exact) mass is 1080 g/mol. The van der Waals surface area contributed by atoms with Gasteiger partial charge in [0.15, 0.2) is 25.2 Å². The van der Waals surface area contributed by atoms with E-state index in [1.54, 1.807) is 0 Å². The van der Waals surface area contributed by atoms with Crippen LogP contribution in [0.4, 0.5) is 0 Å². The van der Waals surface area contributed by atoms with Crippen LogP contribution in [-0.2, 0) is 37.9 Å². The second-order valence-corrected chi connectivity index (χ2v) is 25.3. The lowest BCUT2D eigenvalue weighted by molar-refractivity contribution is -0.378. The summed E-state index contributed by atoms with van der Waals surface area (Å²) in [7, 11) is 0. The lowest BCUT2D eigenvalue weighted by atomic mass is 9.35. The Balaban J connectivity index is 1.01. The molecule has 4 aliphatic heterocycles. The molecule has 22 heteroatoms. The Kier molecular flexibility index (Phi) is 18.1. The fourth-order valence-corrected chi connectivity index (χ4v) is 16.0. The van der Waals surface area contributed by atoms with Crippen LogP contribution in [0.3, 0.4) is 0 Å². The molecule has 4 aliphatic carbocycles. The molecule has 0 aromatic rings. The molecular weight excluding hydrogens is 989 g/mol. The van der Waals surface area contributed by atoms with E-state index in [1.165, 1.54) is 0 Å². The molecular formula is C53H90O22. The van der Waals surface area contributed by atoms with Crippen LogP contribution in [0.1, 0.15) is 113 Å². The summed E-state index contributed by atoms with van der Waals surface area (Å²) in [5.41, 5.74) is -1.48. The van der Waals surface area contributed by atoms with Crippen molar-refractivity contribution in [3.8, 4) is 0 Å². The van der Waals surface area contributed by atoms with Gasteiger partial charge in [-0.2, -0.15) is 0 Å². The molecule has 0 spiro atoms. The van der Waals surface area contributed by atoms with E-state index in [1.807, 2.05) is 20.8 Å². The molecule has 8 fully saturated rings. The Hall–Kier alpha value is -1.14. The Labute approximate surface area is 439 Å². The molecule has 0 bridgehead atoms. The molecule has 0 unspecified atom stereocenters. The van der Waals surface area contributed by atoms with Crippen molar-refractivity contribution in [2.24, 2.45) is 45.3 Å². The summed E-state index contributed by atoms with van der Waals surface area (Å²) in [6.07, 6.45) is -22.6. The molecule has 0 amide bonds. The Morgan fingerprint density at radius 3 is 1.80 bits per heavy atom. The third kappa shape index (κ3) is 10.6. The smallest absolute Gasteiger partial charge is 0.187 e. The molecule has 4 saturated carbocycles. The van der Waals surface area contributed by atoms with Crippen molar-refractivity contribution in [1.82, 2.24) is 0 Å². The lowest BCUT2D eigenvalue weighted by Gasteiger charge is -2.71. The van der Waals surface area contributed by atoms with Crippen LogP contribution >= 0.6 is 0 Å². The molecule has 14 N–H and O–H groups in total. The highest BCUT2D eigenvalue weighted by atomic mass is 16.8. The average molecular weight is 1080 g/mol. The third-order valence-corrected chi connectivity index (χ3v) is 20.5. The van der Waals surface area contributed by atoms with Crippen LogP contribution in [0.2, 0.25) is 0 Å². The van der Waals surface area contributed by atoms with Gasteiger partial charge in [-0.1, -0.05) is 46.3 Å². The zero-order chi connectivity index (χ0) is 55.1. The summed E-state index contributed by atoms with van der Waals surface area (Å²) in [6.45, 7) is 15.1. The normalized spacial score (nSPS) is 52.7. The van der Waals surface area contributed by atoms with E-state index < -0.39 is 165 Å². The number of hydrogen-bond acceptors (Lipinski definition) is 22. The molecule has 8 aliphatic rings. The summed E-state index contributed by atoms with van der Waals surface area (Å²) < 4.78 is 48.8. The van der Waals surface area contributed by atoms with Crippen LogP contribution < -0.4 is 0 Å². The van der Waals surface area contributed by atoms with Gasteiger partial charge in [0, 0.05) is 0 Å². The van der Waals surface area contributed by atoms with Crippen molar-refractivity contribution in [1.29, 1.82) is 0 Å². The van der Waals surface area contributed by atoms with Crippen molar-refractivity contribution in [3.63, 3.8) is 0 Å². The summed E-state index contributed by atoms with van der Waals surface area (Å²) in [5.74, 6) is -0.395. The van der Waals surface area contributed by atoms with Gasteiger partial charge in [0.05, 0.1) is 44.2 Å². The zero-order valence-corrected chi connectivity index (χ0v) is 44.7. The van der Waals surface area contributed by atoms with Gasteiger partial charge in [0.2, 0.25) is 0 Å². The predicted octanol–water partition coefficient (Wildman–Crippen LogP) is -1.56. The van der Waals surface area contributed by atoms with Gasteiger partial charge in [-0.05, 0) is 124 Å². The molecule has 75 heavy (non-hydrogen) atoms. The van der Waals surface area contributed by atoms with Gasteiger partial charge in [-0.3, -0.25) is 0 Å². The lowest BCUT2D eigenvalue weighted by Crippen LogP contribution is -2.68. The van der Waals surface area contributed by atoms with Crippen molar-refractivity contribution in [3.05, 3.63) is 11.6 Å². The average Bonchev–Trinajstić information content (AvgIpc) is 3.75. The van der Waals surface area contributed by atoms with Crippen LogP contribution in [0.15, 0.2) is 11.6 Å². The highest BCUT2D eigenvalue weighted by Crippen LogP contribution is 2.76. The highest BCUT2D eigenvalue weighted by Gasteiger charge is 2.72. The van der Waals surface area contributed by atoms with Crippen molar-refractivity contribution in [2.75, 3.05) is 26.4 Å². The van der Waals surface area contributed by atoms with Crippen LogP contribution in [-0.4, -0.2) is 232 Å². The molecule has 4 heterocycles. The number of allylic oxidation sites excluding steroid dienone is 2. The summed E-state index contributed by atoms with van der Waals surface area (Å²) in [4.78, 5) is 0. The van der Waals surface area contributed by atoms with Crippen molar-refractivity contribution in [2.45, 2.75) is 248 Å². The van der Waals surface area contributed by atoms with Gasteiger partial charge in [-0.15, -0.1) is 0 Å².